The molecule has 0 rings (SSSR count). The summed E-state index contributed by atoms with van der Waals surface area (Å²) >= 11 is 0. The van der Waals surface area contributed by atoms with Gasteiger partial charge < -0.3 is 15.5 Å². The molecule has 1 atom stereocenters. The number of carboxylic acids is 2. The molecule has 144 valence electrons. The van der Waals surface area contributed by atoms with Crippen LogP contribution in [0.4, 0.5) is 0 Å². The van der Waals surface area contributed by atoms with Gasteiger partial charge in [-0.05, 0) is 19.4 Å². The molecule has 6 heteroatoms. The zero-order valence-corrected chi connectivity index (χ0v) is 15.4. The molecule has 0 amide bonds. The zero-order chi connectivity index (χ0) is 18.0. The molecule has 0 aromatic heterocycles. The van der Waals surface area contributed by atoms with E-state index in [4.69, 9.17) is 10.2 Å². The number of carboxylic acid groups (broad SMARTS) is 2. The predicted molar refractivity (Wildman–Crippen MR) is 105 cm³/mol. The molecule has 0 saturated carbocycles. The molecule has 0 aliphatic carbocycles. The van der Waals surface area contributed by atoms with Crippen molar-refractivity contribution in [3.63, 3.8) is 0 Å². The summed E-state index contributed by atoms with van der Waals surface area (Å²) in [7, 11) is 0. The van der Waals surface area contributed by atoms with Gasteiger partial charge in [-0.25, -0.2) is 0 Å². The van der Waals surface area contributed by atoms with E-state index in [-0.39, 0.29) is 64.2 Å². The molecular weight excluding hydrogens is 345 g/mol. The fraction of sp³-hybridized carbons (Fsp3) is 0.895. The van der Waals surface area contributed by atoms with Crippen molar-refractivity contribution in [2.24, 2.45) is 0 Å². The number of hydrogen-bond acceptors (Lipinski definition) is 3. The van der Waals surface area contributed by atoms with Gasteiger partial charge in [-0.15, -0.1) is 0 Å². The first-order valence-corrected chi connectivity index (χ1v) is 9.76. The van der Waals surface area contributed by atoms with Crippen LogP contribution in [0.3, 0.4) is 0 Å². The first kappa shape index (κ1) is 27.8. The second-order valence-corrected chi connectivity index (χ2v) is 6.67. The Hall–Kier alpha value is 0.536. The van der Waals surface area contributed by atoms with E-state index in [2.05, 4.69) is 12.2 Å². The first-order valence-electron chi connectivity index (χ1n) is 9.76. The Balaban J connectivity index is 0. The van der Waals surface area contributed by atoms with Crippen LogP contribution in [0.2, 0.25) is 0 Å². The summed E-state index contributed by atoms with van der Waals surface area (Å²) in [5, 5.41) is 20.6. The van der Waals surface area contributed by atoms with Crippen LogP contribution in [0.25, 0.3) is 0 Å². The SMILES string of the molecule is CCCCCCCCCCCCCCN[C@H](CCC(=O)O)C(=O)O.[KH]. The second kappa shape index (κ2) is 20.8. The average molecular weight is 384 g/mol. The van der Waals surface area contributed by atoms with E-state index in [1.54, 1.807) is 0 Å². The third-order valence-corrected chi connectivity index (χ3v) is 4.37. The molecule has 0 spiro atoms. The van der Waals surface area contributed by atoms with Crippen molar-refractivity contribution in [3.05, 3.63) is 0 Å². The third-order valence-electron chi connectivity index (χ3n) is 4.37. The fourth-order valence-corrected chi connectivity index (χ4v) is 2.82. The first-order chi connectivity index (χ1) is 11.6. The van der Waals surface area contributed by atoms with E-state index in [0.717, 1.165) is 12.8 Å². The van der Waals surface area contributed by atoms with Gasteiger partial charge >= 0.3 is 63.3 Å². The number of unbranched alkanes of at least 4 members (excludes halogenated alkanes) is 11. The molecule has 0 fully saturated rings. The van der Waals surface area contributed by atoms with E-state index >= 15 is 0 Å². The van der Waals surface area contributed by atoms with Crippen LogP contribution in [-0.2, 0) is 9.59 Å². The number of aliphatic carboxylic acids is 2. The summed E-state index contributed by atoms with van der Waals surface area (Å²) in [4.78, 5) is 21.5. The van der Waals surface area contributed by atoms with Crippen LogP contribution >= 0.6 is 0 Å². The van der Waals surface area contributed by atoms with Gasteiger partial charge in [0, 0.05) is 6.42 Å². The Labute approximate surface area is 196 Å². The summed E-state index contributed by atoms with van der Waals surface area (Å²) in [6.07, 6.45) is 15.4. The van der Waals surface area contributed by atoms with Gasteiger partial charge in [0.25, 0.3) is 0 Å². The average Bonchev–Trinajstić information content (AvgIpc) is 2.54. The molecule has 0 aliphatic heterocycles. The van der Waals surface area contributed by atoms with Gasteiger partial charge in [0.1, 0.15) is 6.04 Å². The van der Waals surface area contributed by atoms with Gasteiger partial charge in [-0.2, -0.15) is 0 Å². The number of rotatable bonds is 18. The van der Waals surface area contributed by atoms with Gasteiger partial charge in [0.05, 0.1) is 0 Å². The second-order valence-electron chi connectivity index (χ2n) is 6.67. The summed E-state index contributed by atoms with van der Waals surface area (Å²) in [5.74, 6) is -1.91. The molecule has 0 heterocycles. The van der Waals surface area contributed by atoms with Crippen molar-refractivity contribution in [1.29, 1.82) is 0 Å². The van der Waals surface area contributed by atoms with Crippen molar-refractivity contribution in [2.75, 3.05) is 6.54 Å². The normalized spacial score (nSPS) is 11.7. The molecule has 25 heavy (non-hydrogen) atoms. The van der Waals surface area contributed by atoms with Crippen LogP contribution in [0.5, 0.6) is 0 Å². The molecule has 0 aromatic rings. The Bertz CT molecular complexity index is 327. The van der Waals surface area contributed by atoms with Gasteiger partial charge in [0.15, 0.2) is 0 Å². The molecule has 0 saturated heterocycles. The fourth-order valence-electron chi connectivity index (χ4n) is 2.82. The Morgan fingerprint density at radius 3 is 1.64 bits per heavy atom. The molecule has 0 aliphatic rings. The number of carbonyl (C=O) groups is 2. The van der Waals surface area contributed by atoms with Crippen LogP contribution in [0, 0.1) is 0 Å². The van der Waals surface area contributed by atoms with Crippen LogP contribution in [0.1, 0.15) is 96.8 Å². The van der Waals surface area contributed by atoms with Crippen molar-refractivity contribution in [3.8, 4) is 0 Å². The number of nitrogens with one attached hydrogen (secondary N) is 1. The minimum absolute atomic E-state index is 0. The maximum atomic E-state index is 11.0. The molecular formula is C19H38KNO4. The van der Waals surface area contributed by atoms with Crippen LogP contribution in [0.15, 0.2) is 0 Å². The summed E-state index contributed by atoms with van der Waals surface area (Å²) in [5.41, 5.74) is 0. The van der Waals surface area contributed by atoms with Gasteiger partial charge in [0.2, 0.25) is 0 Å². The predicted octanol–water partition coefficient (Wildman–Crippen LogP) is 3.95. The number of hydrogen-bond donors (Lipinski definition) is 3. The molecule has 5 nitrogen and oxygen atoms in total. The van der Waals surface area contributed by atoms with E-state index in [1.807, 2.05) is 0 Å². The zero-order valence-electron chi connectivity index (χ0n) is 15.4. The van der Waals surface area contributed by atoms with Crippen LogP contribution < -0.4 is 5.32 Å². The van der Waals surface area contributed by atoms with E-state index < -0.39 is 18.0 Å². The van der Waals surface area contributed by atoms with Gasteiger partial charge in [-0.3, -0.25) is 9.59 Å². The Morgan fingerprint density at radius 2 is 1.24 bits per heavy atom. The van der Waals surface area contributed by atoms with Crippen molar-refractivity contribution in [1.82, 2.24) is 5.32 Å². The standard InChI is InChI=1S/C19H37NO4.K.H/c1-2-3-4-5-6-7-8-9-10-11-12-13-16-20-17(19(23)24)14-15-18(21)22;;/h17,20H,2-16H2,1H3,(H,21,22)(H,23,24);;/t17-;;/m1../s1. The van der Waals surface area contributed by atoms with E-state index in [9.17, 15) is 9.59 Å². The van der Waals surface area contributed by atoms with Crippen LogP contribution in [-0.4, -0.2) is 86.1 Å². The summed E-state index contributed by atoms with van der Waals surface area (Å²) in [6.45, 7) is 2.89. The van der Waals surface area contributed by atoms with Crippen molar-refractivity contribution in [2.45, 2.75) is 103 Å². The molecule has 3 N–H and O–H groups in total. The minimum atomic E-state index is -0.963. The quantitative estimate of drug-likeness (QED) is 0.246. The summed E-state index contributed by atoms with van der Waals surface area (Å²) < 4.78 is 0. The Kier molecular flexibility index (Phi) is 23.1. The molecule has 0 unspecified atom stereocenters. The Morgan fingerprint density at radius 1 is 0.800 bits per heavy atom. The molecule has 0 aromatic carbocycles. The topological polar surface area (TPSA) is 86.6 Å². The summed E-state index contributed by atoms with van der Waals surface area (Å²) in [6, 6.07) is -0.742. The maximum absolute atomic E-state index is 11.0. The molecule has 0 radical (unpaired) electrons. The van der Waals surface area contributed by atoms with E-state index in [0.29, 0.717) is 6.54 Å². The monoisotopic (exact) mass is 383 g/mol. The van der Waals surface area contributed by atoms with E-state index in [1.165, 1.54) is 64.2 Å². The molecule has 0 bridgehead atoms. The van der Waals surface area contributed by atoms with Crippen molar-refractivity contribution >= 4 is 63.3 Å². The van der Waals surface area contributed by atoms with Gasteiger partial charge in [-0.1, -0.05) is 77.6 Å². The third kappa shape index (κ3) is 20.7. The van der Waals surface area contributed by atoms with Crippen molar-refractivity contribution < 1.29 is 19.8 Å².